The van der Waals surface area contributed by atoms with E-state index in [9.17, 15) is 9.90 Å². The Balaban J connectivity index is 3.38. The third-order valence-corrected chi connectivity index (χ3v) is 2.06. The Morgan fingerprint density at radius 2 is 2.29 bits per heavy atom. The van der Waals surface area contributed by atoms with E-state index in [1.807, 2.05) is 0 Å². The summed E-state index contributed by atoms with van der Waals surface area (Å²) in [5, 5.41) is 18.1. The number of aromatic hydroxyl groups is 1. The van der Waals surface area contributed by atoms with Gasteiger partial charge in [0, 0.05) is 4.47 Å². The topological polar surface area (TPSA) is 70.3 Å². The Morgan fingerprint density at radius 1 is 1.64 bits per heavy atom. The van der Waals surface area contributed by atoms with Crippen LogP contribution in [0.25, 0.3) is 0 Å². The van der Waals surface area contributed by atoms with Crippen LogP contribution in [0.5, 0.6) is 5.75 Å². The van der Waals surface area contributed by atoms with E-state index in [4.69, 9.17) is 5.26 Å². The van der Waals surface area contributed by atoms with E-state index in [-0.39, 0.29) is 16.9 Å². The van der Waals surface area contributed by atoms with Crippen LogP contribution in [-0.2, 0) is 4.74 Å². The number of phenols is 1. The van der Waals surface area contributed by atoms with Crippen molar-refractivity contribution < 1.29 is 14.6 Å². The Bertz CT molecular complexity index is 423. The monoisotopic (exact) mass is 255 g/mol. The number of ether oxygens (including phenoxy) is 1. The molecule has 0 atom stereocenters. The second kappa shape index (κ2) is 4.11. The van der Waals surface area contributed by atoms with Crippen LogP contribution in [0.2, 0.25) is 0 Å². The molecule has 0 aromatic heterocycles. The zero-order chi connectivity index (χ0) is 10.7. The highest BCUT2D eigenvalue weighted by atomic mass is 79.9. The van der Waals surface area contributed by atoms with E-state index in [2.05, 4.69) is 20.7 Å². The Kier molecular flexibility index (Phi) is 3.10. The molecule has 0 aliphatic carbocycles. The fourth-order valence-corrected chi connectivity index (χ4v) is 1.41. The number of carbonyl (C=O) groups is 1. The molecule has 1 aromatic carbocycles. The van der Waals surface area contributed by atoms with Crippen LogP contribution in [0.4, 0.5) is 0 Å². The summed E-state index contributed by atoms with van der Waals surface area (Å²) >= 11 is 3.12. The van der Waals surface area contributed by atoms with Gasteiger partial charge < -0.3 is 9.84 Å². The summed E-state index contributed by atoms with van der Waals surface area (Å²) in [6, 6.07) is 4.58. The third-order valence-electron chi connectivity index (χ3n) is 1.60. The largest absolute Gasteiger partial charge is 0.506 e. The molecule has 1 aromatic rings. The summed E-state index contributed by atoms with van der Waals surface area (Å²) in [4.78, 5) is 11.1. The van der Waals surface area contributed by atoms with Crippen LogP contribution in [0.15, 0.2) is 16.6 Å². The molecule has 0 spiro atoms. The molecule has 0 amide bonds. The van der Waals surface area contributed by atoms with Gasteiger partial charge in [-0.2, -0.15) is 5.26 Å². The zero-order valence-electron chi connectivity index (χ0n) is 7.24. The number of phenolic OH excluding ortho intramolecular Hbond substituents is 1. The lowest BCUT2D eigenvalue weighted by atomic mass is 10.1. The molecule has 0 aliphatic rings. The number of carbonyl (C=O) groups excluding carboxylic acids is 1. The normalized spacial score (nSPS) is 9.21. The van der Waals surface area contributed by atoms with Crippen molar-refractivity contribution in [2.24, 2.45) is 0 Å². The second-order valence-electron chi connectivity index (χ2n) is 2.45. The summed E-state index contributed by atoms with van der Waals surface area (Å²) in [5.74, 6) is -1.04. The van der Waals surface area contributed by atoms with Gasteiger partial charge in [0.1, 0.15) is 17.4 Å². The van der Waals surface area contributed by atoms with Crippen molar-refractivity contribution in [3.63, 3.8) is 0 Å². The van der Waals surface area contributed by atoms with Crippen LogP contribution in [0, 0.1) is 11.3 Å². The molecule has 0 radical (unpaired) electrons. The molecule has 0 saturated heterocycles. The maximum Gasteiger partial charge on any atom is 0.341 e. The minimum Gasteiger partial charge on any atom is -0.506 e. The van der Waals surface area contributed by atoms with Gasteiger partial charge in [-0.25, -0.2) is 4.79 Å². The highest BCUT2D eigenvalue weighted by Crippen LogP contribution is 2.27. The predicted molar refractivity (Wildman–Crippen MR) is 51.9 cm³/mol. The van der Waals surface area contributed by atoms with Gasteiger partial charge in [0.2, 0.25) is 0 Å². The minimum atomic E-state index is -0.680. The van der Waals surface area contributed by atoms with Gasteiger partial charge in [0.15, 0.2) is 0 Å². The van der Waals surface area contributed by atoms with Crippen molar-refractivity contribution in [1.29, 1.82) is 5.26 Å². The molecule has 14 heavy (non-hydrogen) atoms. The summed E-state index contributed by atoms with van der Waals surface area (Å²) in [6.07, 6.45) is 0. The Hall–Kier alpha value is -1.54. The average Bonchev–Trinajstić information content (AvgIpc) is 2.19. The minimum absolute atomic E-state index is 0.0276. The number of rotatable bonds is 1. The quantitative estimate of drug-likeness (QED) is 0.778. The number of benzene rings is 1. The lowest BCUT2D eigenvalue weighted by molar-refractivity contribution is 0.0597. The highest BCUT2D eigenvalue weighted by molar-refractivity contribution is 9.10. The fraction of sp³-hybridized carbons (Fsp3) is 0.111. The zero-order valence-corrected chi connectivity index (χ0v) is 8.83. The van der Waals surface area contributed by atoms with E-state index < -0.39 is 5.97 Å². The van der Waals surface area contributed by atoms with Crippen LogP contribution >= 0.6 is 15.9 Å². The van der Waals surface area contributed by atoms with Crippen molar-refractivity contribution in [3.05, 3.63) is 27.7 Å². The molecule has 0 fully saturated rings. The molecular formula is C9H6BrNO3. The molecule has 0 bridgehead atoms. The van der Waals surface area contributed by atoms with E-state index in [0.717, 1.165) is 0 Å². The van der Waals surface area contributed by atoms with Crippen LogP contribution in [-0.4, -0.2) is 18.2 Å². The number of esters is 1. The molecule has 4 nitrogen and oxygen atoms in total. The Morgan fingerprint density at radius 3 is 2.79 bits per heavy atom. The number of nitriles is 1. The van der Waals surface area contributed by atoms with Gasteiger partial charge in [-0.15, -0.1) is 0 Å². The average molecular weight is 256 g/mol. The lowest BCUT2D eigenvalue weighted by Crippen LogP contribution is -2.02. The highest BCUT2D eigenvalue weighted by Gasteiger charge is 2.15. The summed E-state index contributed by atoms with van der Waals surface area (Å²) < 4.78 is 4.98. The van der Waals surface area contributed by atoms with E-state index in [1.54, 1.807) is 6.07 Å². The predicted octanol–water partition coefficient (Wildman–Crippen LogP) is 1.81. The molecule has 1 N–H and O–H groups in total. The number of methoxy groups -OCH3 is 1. The standard InChI is InChI=1S/C9H6BrNO3/c1-14-9(13)7-3-6(10)2-5(4-11)8(7)12/h2-3,12H,1H3. The van der Waals surface area contributed by atoms with E-state index in [1.165, 1.54) is 19.2 Å². The fourth-order valence-electron chi connectivity index (χ4n) is 0.950. The van der Waals surface area contributed by atoms with Gasteiger partial charge in [-0.3, -0.25) is 0 Å². The van der Waals surface area contributed by atoms with E-state index in [0.29, 0.717) is 4.47 Å². The van der Waals surface area contributed by atoms with Crippen molar-refractivity contribution in [1.82, 2.24) is 0 Å². The molecule has 1 rings (SSSR count). The van der Waals surface area contributed by atoms with Crippen molar-refractivity contribution in [3.8, 4) is 11.8 Å². The first-order chi connectivity index (χ1) is 6.60. The lowest BCUT2D eigenvalue weighted by Gasteiger charge is -2.04. The Labute approximate surface area is 88.9 Å². The molecule has 0 saturated carbocycles. The molecule has 0 unspecified atom stereocenters. The van der Waals surface area contributed by atoms with Crippen molar-refractivity contribution >= 4 is 21.9 Å². The number of halogens is 1. The molecule has 0 aliphatic heterocycles. The van der Waals surface area contributed by atoms with Gasteiger partial charge in [0.05, 0.1) is 12.7 Å². The van der Waals surface area contributed by atoms with Gasteiger partial charge in [0.25, 0.3) is 0 Å². The smallest absolute Gasteiger partial charge is 0.341 e. The summed E-state index contributed by atoms with van der Waals surface area (Å²) in [7, 11) is 1.20. The van der Waals surface area contributed by atoms with Crippen molar-refractivity contribution in [2.75, 3.05) is 7.11 Å². The van der Waals surface area contributed by atoms with Crippen LogP contribution in [0.3, 0.4) is 0 Å². The first-order valence-electron chi connectivity index (χ1n) is 3.61. The first kappa shape index (κ1) is 10.5. The van der Waals surface area contributed by atoms with Gasteiger partial charge in [-0.1, -0.05) is 15.9 Å². The van der Waals surface area contributed by atoms with Crippen molar-refractivity contribution in [2.45, 2.75) is 0 Å². The van der Waals surface area contributed by atoms with Crippen LogP contribution < -0.4 is 0 Å². The summed E-state index contributed by atoms with van der Waals surface area (Å²) in [5.41, 5.74) is -0.00167. The maximum absolute atomic E-state index is 11.1. The number of hydrogen-bond acceptors (Lipinski definition) is 4. The molecule has 72 valence electrons. The third kappa shape index (κ3) is 1.86. The second-order valence-corrected chi connectivity index (χ2v) is 3.37. The molecule has 0 heterocycles. The first-order valence-corrected chi connectivity index (χ1v) is 4.40. The molecule has 5 heteroatoms. The SMILES string of the molecule is COC(=O)c1cc(Br)cc(C#N)c1O. The van der Waals surface area contributed by atoms with Crippen LogP contribution in [0.1, 0.15) is 15.9 Å². The maximum atomic E-state index is 11.1. The molecular weight excluding hydrogens is 250 g/mol. The van der Waals surface area contributed by atoms with E-state index >= 15 is 0 Å². The number of hydrogen-bond donors (Lipinski definition) is 1. The number of nitrogens with zero attached hydrogens (tertiary/aromatic N) is 1. The van der Waals surface area contributed by atoms with Gasteiger partial charge in [-0.05, 0) is 12.1 Å². The summed E-state index contributed by atoms with van der Waals surface area (Å²) in [6.45, 7) is 0. The van der Waals surface area contributed by atoms with Gasteiger partial charge >= 0.3 is 5.97 Å².